The van der Waals surface area contributed by atoms with Crippen LogP contribution in [-0.4, -0.2) is 10.1 Å². The van der Waals surface area contributed by atoms with Crippen LogP contribution in [0.5, 0.6) is 0 Å². The van der Waals surface area contributed by atoms with E-state index in [1.807, 2.05) is 0 Å². The maximum Gasteiger partial charge on any atom is 0.141 e. The summed E-state index contributed by atoms with van der Waals surface area (Å²) in [6.07, 6.45) is 1.94. The number of benzene rings is 1. The summed E-state index contributed by atoms with van der Waals surface area (Å²) in [6.45, 7) is 0. The van der Waals surface area contributed by atoms with E-state index in [-0.39, 0.29) is 6.42 Å². The van der Waals surface area contributed by atoms with Gasteiger partial charge in [0, 0.05) is 28.2 Å². The van der Waals surface area contributed by atoms with Crippen molar-refractivity contribution in [1.29, 1.82) is 0 Å². The third-order valence-electron chi connectivity index (χ3n) is 2.54. The molecular formula is C13H10Cl2FNO. The zero-order valence-electron chi connectivity index (χ0n) is 9.28. The second kappa shape index (κ2) is 5.65. The highest BCUT2D eigenvalue weighted by Gasteiger charge is 2.12. The number of nitrogens with zero attached hydrogens (tertiary/aromatic N) is 1. The molecule has 0 fully saturated rings. The molecule has 2 aromatic rings. The van der Waals surface area contributed by atoms with Gasteiger partial charge in [-0.25, -0.2) is 4.39 Å². The van der Waals surface area contributed by atoms with Gasteiger partial charge in [-0.1, -0.05) is 29.3 Å². The molecule has 0 saturated heterocycles. The minimum absolute atomic E-state index is 0.279. The van der Waals surface area contributed by atoms with Gasteiger partial charge in [-0.2, -0.15) is 0 Å². The van der Waals surface area contributed by atoms with Crippen molar-refractivity contribution >= 4 is 23.2 Å². The van der Waals surface area contributed by atoms with Gasteiger partial charge in [-0.15, -0.1) is 0 Å². The van der Waals surface area contributed by atoms with Gasteiger partial charge in [0.1, 0.15) is 5.82 Å². The predicted octanol–water partition coefficient (Wildman–Crippen LogP) is 3.80. The number of hydrogen-bond acceptors (Lipinski definition) is 2. The van der Waals surface area contributed by atoms with Crippen molar-refractivity contribution in [1.82, 2.24) is 4.98 Å². The Labute approximate surface area is 114 Å². The molecule has 0 radical (unpaired) electrons. The molecule has 2 rings (SSSR count). The average molecular weight is 286 g/mol. The predicted molar refractivity (Wildman–Crippen MR) is 69.3 cm³/mol. The third kappa shape index (κ3) is 3.19. The molecule has 1 unspecified atom stereocenters. The topological polar surface area (TPSA) is 33.1 Å². The standard InChI is InChI=1S/C13H10Cl2FNO/c14-10-2-1-8(12(15)5-10)4-13(18)9-3-11(16)7-17-6-9/h1-3,5-7,13,18H,4H2. The first-order chi connectivity index (χ1) is 8.56. The Hall–Kier alpha value is -1.16. The number of aromatic nitrogens is 1. The van der Waals surface area contributed by atoms with Crippen LogP contribution < -0.4 is 0 Å². The quantitative estimate of drug-likeness (QED) is 0.930. The van der Waals surface area contributed by atoms with Gasteiger partial charge in [0.25, 0.3) is 0 Å². The second-order valence-electron chi connectivity index (χ2n) is 3.89. The number of aliphatic hydroxyl groups excluding tert-OH is 1. The maximum absolute atomic E-state index is 13.0. The van der Waals surface area contributed by atoms with Gasteiger partial charge in [0.2, 0.25) is 0 Å². The number of aliphatic hydroxyl groups is 1. The monoisotopic (exact) mass is 285 g/mol. The molecule has 1 heterocycles. The van der Waals surface area contributed by atoms with Crippen LogP contribution in [0.25, 0.3) is 0 Å². The third-order valence-corrected chi connectivity index (χ3v) is 3.13. The minimum atomic E-state index is -0.855. The Kier molecular flexibility index (Phi) is 4.17. The lowest BCUT2D eigenvalue weighted by molar-refractivity contribution is 0.177. The fourth-order valence-corrected chi connectivity index (χ4v) is 2.11. The molecule has 1 atom stereocenters. The molecule has 1 aromatic heterocycles. The summed E-state index contributed by atoms with van der Waals surface area (Å²) in [5.41, 5.74) is 1.17. The molecule has 1 aromatic carbocycles. The molecular weight excluding hydrogens is 276 g/mol. The molecule has 0 aliphatic carbocycles. The number of rotatable bonds is 3. The lowest BCUT2D eigenvalue weighted by atomic mass is 10.0. The van der Waals surface area contributed by atoms with E-state index in [1.54, 1.807) is 18.2 Å². The van der Waals surface area contributed by atoms with Gasteiger partial charge in [-0.05, 0) is 23.8 Å². The van der Waals surface area contributed by atoms with E-state index in [9.17, 15) is 9.50 Å². The van der Waals surface area contributed by atoms with Gasteiger partial charge in [0.15, 0.2) is 0 Å². The minimum Gasteiger partial charge on any atom is -0.388 e. The average Bonchev–Trinajstić information content (AvgIpc) is 2.32. The first kappa shape index (κ1) is 13.3. The van der Waals surface area contributed by atoms with Crippen molar-refractivity contribution < 1.29 is 9.50 Å². The zero-order chi connectivity index (χ0) is 13.1. The molecule has 0 amide bonds. The molecule has 0 aliphatic heterocycles. The highest BCUT2D eigenvalue weighted by molar-refractivity contribution is 6.35. The fraction of sp³-hybridized carbons (Fsp3) is 0.154. The molecule has 0 spiro atoms. The normalized spacial score (nSPS) is 12.4. The van der Waals surface area contributed by atoms with Crippen LogP contribution in [-0.2, 0) is 6.42 Å². The van der Waals surface area contributed by atoms with E-state index in [4.69, 9.17) is 23.2 Å². The summed E-state index contributed by atoms with van der Waals surface area (Å²) >= 11 is 11.8. The van der Waals surface area contributed by atoms with Crippen LogP contribution in [0.2, 0.25) is 10.0 Å². The Balaban J connectivity index is 2.18. The van der Waals surface area contributed by atoms with Crippen molar-refractivity contribution in [2.24, 2.45) is 0 Å². The molecule has 2 nitrogen and oxygen atoms in total. The van der Waals surface area contributed by atoms with E-state index in [2.05, 4.69) is 4.98 Å². The summed E-state index contributed by atoms with van der Waals surface area (Å²) in [7, 11) is 0. The summed E-state index contributed by atoms with van der Waals surface area (Å²) in [5.74, 6) is -0.478. The molecule has 0 bridgehead atoms. The van der Waals surface area contributed by atoms with Crippen molar-refractivity contribution in [3.8, 4) is 0 Å². The van der Waals surface area contributed by atoms with E-state index < -0.39 is 11.9 Å². The van der Waals surface area contributed by atoms with Crippen LogP contribution in [0.1, 0.15) is 17.2 Å². The first-order valence-corrected chi connectivity index (χ1v) is 6.04. The maximum atomic E-state index is 13.0. The molecule has 5 heteroatoms. The van der Waals surface area contributed by atoms with Crippen LogP contribution >= 0.6 is 23.2 Å². The van der Waals surface area contributed by atoms with E-state index in [1.165, 1.54) is 12.3 Å². The number of hydrogen-bond donors (Lipinski definition) is 1. The lowest BCUT2D eigenvalue weighted by Gasteiger charge is -2.12. The summed E-state index contributed by atoms with van der Waals surface area (Å²) in [6, 6.07) is 6.29. The summed E-state index contributed by atoms with van der Waals surface area (Å²) < 4.78 is 13.0. The van der Waals surface area contributed by atoms with Gasteiger partial charge < -0.3 is 5.11 Å². The Morgan fingerprint density at radius 3 is 2.67 bits per heavy atom. The molecule has 0 saturated carbocycles. The Morgan fingerprint density at radius 1 is 1.22 bits per heavy atom. The highest BCUT2D eigenvalue weighted by atomic mass is 35.5. The van der Waals surface area contributed by atoms with E-state index in [0.29, 0.717) is 15.6 Å². The zero-order valence-corrected chi connectivity index (χ0v) is 10.8. The number of halogens is 3. The van der Waals surface area contributed by atoms with Crippen LogP contribution in [0.4, 0.5) is 4.39 Å². The van der Waals surface area contributed by atoms with Gasteiger partial charge >= 0.3 is 0 Å². The van der Waals surface area contributed by atoms with Crippen LogP contribution in [0, 0.1) is 5.82 Å². The van der Waals surface area contributed by atoms with E-state index in [0.717, 1.165) is 11.8 Å². The van der Waals surface area contributed by atoms with Crippen molar-refractivity contribution in [3.05, 3.63) is 63.6 Å². The van der Waals surface area contributed by atoms with Crippen molar-refractivity contribution in [2.75, 3.05) is 0 Å². The molecule has 94 valence electrons. The van der Waals surface area contributed by atoms with E-state index >= 15 is 0 Å². The SMILES string of the molecule is OC(Cc1ccc(Cl)cc1Cl)c1cncc(F)c1. The number of pyridine rings is 1. The molecule has 18 heavy (non-hydrogen) atoms. The summed E-state index contributed by atoms with van der Waals surface area (Å²) in [5, 5.41) is 11.0. The fourth-order valence-electron chi connectivity index (χ4n) is 1.62. The van der Waals surface area contributed by atoms with Crippen LogP contribution in [0.15, 0.2) is 36.7 Å². The first-order valence-electron chi connectivity index (χ1n) is 5.28. The highest BCUT2D eigenvalue weighted by Crippen LogP contribution is 2.26. The summed E-state index contributed by atoms with van der Waals surface area (Å²) in [4.78, 5) is 3.69. The Bertz CT molecular complexity index is 562. The molecule has 1 N–H and O–H groups in total. The van der Waals surface area contributed by atoms with Crippen molar-refractivity contribution in [2.45, 2.75) is 12.5 Å². The Morgan fingerprint density at radius 2 is 2.00 bits per heavy atom. The van der Waals surface area contributed by atoms with Crippen molar-refractivity contribution in [3.63, 3.8) is 0 Å². The van der Waals surface area contributed by atoms with Crippen LogP contribution in [0.3, 0.4) is 0 Å². The van der Waals surface area contributed by atoms with Gasteiger partial charge in [-0.3, -0.25) is 4.98 Å². The van der Waals surface area contributed by atoms with Gasteiger partial charge in [0.05, 0.1) is 12.3 Å². The lowest BCUT2D eigenvalue weighted by Crippen LogP contribution is -2.03. The largest absolute Gasteiger partial charge is 0.388 e. The second-order valence-corrected chi connectivity index (χ2v) is 4.74. The molecule has 0 aliphatic rings. The smallest absolute Gasteiger partial charge is 0.141 e.